The molecule has 1 aromatic carbocycles. The summed E-state index contributed by atoms with van der Waals surface area (Å²) in [5.74, 6) is 0.843. The highest BCUT2D eigenvalue weighted by atomic mass is 35.5. The second-order valence-corrected chi connectivity index (χ2v) is 5.14. The Kier molecular flexibility index (Phi) is 5.46. The van der Waals surface area contributed by atoms with Crippen molar-refractivity contribution in [1.29, 1.82) is 0 Å². The number of rotatable bonds is 5. The van der Waals surface area contributed by atoms with Gasteiger partial charge >= 0.3 is 5.97 Å². The third-order valence-electron chi connectivity index (χ3n) is 2.66. The minimum Gasteiger partial charge on any atom is -0.479 e. The number of nitrogens with zero attached hydrogens (tertiary/aromatic N) is 1. The highest BCUT2D eigenvalue weighted by Crippen LogP contribution is 2.29. The molecule has 0 aliphatic heterocycles. The van der Waals surface area contributed by atoms with Crippen LogP contribution in [0.1, 0.15) is 6.92 Å². The minimum atomic E-state index is -0.691. The van der Waals surface area contributed by atoms with Crippen molar-refractivity contribution < 1.29 is 19.0 Å². The van der Waals surface area contributed by atoms with E-state index in [0.29, 0.717) is 21.5 Å². The van der Waals surface area contributed by atoms with Crippen LogP contribution in [0.2, 0.25) is 10.0 Å². The molecule has 0 spiro atoms. The van der Waals surface area contributed by atoms with Crippen molar-refractivity contribution in [2.75, 3.05) is 7.11 Å². The Morgan fingerprint density at radius 1 is 1.18 bits per heavy atom. The van der Waals surface area contributed by atoms with E-state index in [1.807, 2.05) is 0 Å². The first kappa shape index (κ1) is 16.4. The van der Waals surface area contributed by atoms with Crippen molar-refractivity contribution in [3.8, 4) is 17.4 Å². The molecular weight excluding hydrogens is 329 g/mol. The molecule has 1 aromatic heterocycles. The fourth-order valence-corrected chi connectivity index (χ4v) is 2.01. The topological polar surface area (TPSA) is 57.7 Å². The summed E-state index contributed by atoms with van der Waals surface area (Å²) in [6.07, 6.45) is 0.752. The average molecular weight is 342 g/mol. The van der Waals surface area contributed by atoms with Gasteiger partial charge in [-0.15, -0.1) is 0 Å². The van der Waals surface area contributed by atoms with Crippen molar-refractivity contribution in [2.45, 2.75) is 13.0 Å². The number of methoxy groups -OCH3 is 1. The van der Waals surface area contributed by atoms with Crippen LogP contribution in [0.25, 0.3) is 0 Å². The van der Waals surface area contributed by atoms with Crippen LogP contribution < -0.4 is 9.47 Å². The third kappa shape index (κ3) is 4.26. The molecule has 1 unspecified atom stereocenters. The largest absolute Gasteiger partial charge is 0.479 e. The Hall–Kier alpha value is -1.98. The van der Waals surface area contributed by atoms with Crippen LogP contribution in [0, 0.1) is 0 Å². The monoisotopic (exact) mass is 341 g/mol. The lowest BCUT2D eigenvalue weighted by molar-refractivity contribution is -0.147. The van der Waals surface area contributed by atoms with E-state index in [9.17, 15) is 4.79 Å². The summed E-state index contributed by atoms with van der Waals surface area (Å²) in [5.41, 5.74) is 0. The van der Waals surface area contributed by atoms with Gasteiger partial charge < -0.3 is 14.2 Å². The number of pyridine rings is 1. The molecule has 2 aromatic rings. The summed E-state index contributed by atoms with van der Waals surface area (Å²) in [7, 11) is 1.31. The SMILES string of the molecule is COC(=O)C(C)Oc1ccc(Oc2ncc(Cl)cc2Cl)cc1. The Bertz CT molecular complexity index is 661. The molecule has 0 fully saturated rings. The quantitative estimate of drug-likeness (QED) is 0.765. The Morgan fingerprint density at radius 3 is 2.41 bits per heavy atom. The van der Waals surface area contributed by atoms with Crippen LogP contribution in [0.3, 0.4) is 0 Å². The molecule has 7 heteroatoms. The van der Waals surface area contributed by atoms with E-state index < -0.39 is 12.1 Å². The molecule has 22 heavy (non-hydrogen) atoms. The summed E-state index contributed by atoms with van der Waals surface area (Å²) in [4.78, 5) is 15.3. The second-order valence-electron chi connectivity index (χ2n) is 4.30. The van der Waals surface area contributed by atoms with Gasteiger partial charge in [-0.2, -0.15) is 0 Å². The zero-order chi connectivity index (χ0) is 16.1. The number of halogens is 2. The standard InChI is InChI=1S/C15H13Cl2NO4/c1-9(15(19)20-2)21-11-3-5-12(6-4-11)22-14-13(17)7-10(16)8-18-14/h3-9H,1-2H3. The summed E-state index contributed by atoms with van der Waals surface area (Å²) in [6.45, 7) is 1.60. The highest BCUT2D eigenvalue weighted by Gasteiger charge is 2.14. The summed E-state index contributed by atoms with van der Waals surface area (Å²) in [6, 6.07) is 8.22. The predicted octanol–water partition coefficient (Wildman–Crippen LogP) is 4.12. The summed E-state index contributed by atoms with van der Waals surface area (Å²) in [5, 5.41) is 0.741. The van der Waals surface area contributed by atoms with Gasteiger partial charge in [-0.05, 0) is 37.3 Å². The van der Waals surface area contributed by atoms with Gasteiger partial charge in [0.25, 0.3) is 0 Å². The zero-order valence-electron chi connectivity index (χ0n) is 11.9. The molecule has 0 aliphatic carbocycles. The molecule has 0 N–H and O–H groups in total. The number of benzene rings is 1. The third-order valence-corrected chi connectivity index (χ3v) is 3.14. The molecule has 0 amide bonds. The van der Waals surface area contributed by atoms with E-state index in [0.717, 1.165) is 0 Å². The number of esters is 1. The van der Waals surface area contributed by atoms with Crippen LogP contribution in [-0.2, 0) is 9.53 Å². The van der Waals surface area contributed by atoms with E-state index in [-0.39, 0.29) is 5.88 Å². The number of ether oxygens (including phenoxy) is 3. The normalized spacial score (nSPS) is 11.6. The van der Waals surface area contributed by atoms with Crippen molar-refractivity contribution in [2.24, 2.45) is 0 Å². The number of carbonyl (C=O) groups is 1. The van der Waals surface area contributed by atoms with Crippen LogP contribution in [0.4, 0.5) is 0 Å². The first-order valence-electron chi connectivity index (χ1n) is 6.33. The zero-order valence-corrected chi connectivity index (χ0v) is 13.4. The molecule has 0 radical (unpaired) electrons. The molecular formula is C15H13Cl2NO4. The lowest BCUT2D eigenvalue weighted by Gasteiger charge is -2.13. The van der Waals surface area contributed by atoms with Crippen LogP contribution in [-0.4, -0.2) is 24.2 Å². The maximum absolute atomic E-state index is 11.3. The van der Waals surface area contributed by atoms with Crippen molar-refractivity contribution in [1.82, 2.24) is 4.98 Å². The van der Waals surface area contributed by atoms with Gasteiger partial charge in [0.1, 0.15) is 16.5 Å². The van der Waals surface area contributed by atoms with Crippen LogP contribution >= 0.6 is 23.2 Å². The van der Waals surface area contributed by atoms with Crippen molar-refractivity contribution in [3.05, 3.63) is 46.6 Å². The van der Waals surface area contributed by atoms with E-state index in [4.69, 9.17) is 32.7 Å². The molecule has 0 aliphatic rings. The first-order chi connectivity index (χ1) is 10.5. The minimum absolute atomic E-state index is 0.252. The van der Waals surface area contributed by atoms with Gasteiger partial charge in [-0.1, -0.05) is 23.2 Å². The first-order valence-corrected chi connectivity index (χ1v) is 7.08. The van der Waals surface area contributed by atoms with Gasteiger partial charge in [0, 0.05) is 6.20 Å². The lowest BCUT2D eigenvalue weighted by atomic mass is 10.3. The van der Waals surface area contributed by atoms with Crippen LogP contribution in [0.15, 0.2) is 36.5 Å². The lowest BCUT2D eigenvalue weighted by Crippen LogP contribution is -2.24. The molecule has 2 rings (SSSR count). The van der Waals surface area contributed by atoms with E-state index >= 15 is 0 Å². The molecule has 116 valence electrons. The Morgan fingerprint density at radius 2 is 1.82 bits per heavy atom. The fraction of sp³-hybridized carbons (Fsp3) is 0.200. The molecule has 0 bridgehead atoms. The van der Waals surface area contributed by atoms with E-state index in [1.165, 1.54) is 13.3 Å². The maximum atomic E-state index is 11.3. The van der Waals surface area contributed by atoms with E-state index in [2.05, 4.69) is 9.72 Å². The number of hydrogen-bond donors (Lipinski definition) is 0. The van der Waals surface area contributed by atoms with E-state index in [1.54, 1.807) is 37.3 Å². The Labute approximate surface area is 137 Å². The Balaban J connectivity index is 2.04. The fourth-order valence-electron chi connectivity index (χ4n) is 1.59. The predicted molar refractivity (Wildman–Crippen MR) is 82.9 cm³/mol. The molecule has 1 heterocycles. The van der Waals surface area contributed by atoms with Gasteiger partial charge in [0.2, 0.25) is 5.88 Å². The van der Waals surface area contributed by atoms with Gasteiger partial charge in [-0.25, -0.2) is 9.78 Å². The molecule has 0 saturated carbocycles. The smallest absolute Gasteiger partial charge is 0.346 e. The molecule has 1 atom stereocenters. The van der Waals surface area contributed by atoms with Crippen molar-refractivity contribution >= 4 is 29.2 Å². The number of aromatic nitrogens is 1. The van der Waals surface area contributed by atoms with Gasteiger partial charge in [-0.3, -0.25) is 0 Å². The summed E-state index contributed by atoms with van der Waals surface area (Å²) >= 11 is 11.8. The van der Waals surface area contributed by atoms with Gasteiger partial charge in [0.15, 0.2) is 6.10 Å². The molecule has 0 saturated heterocycles. The molecule has 5 nitrogen and oxygen atoms in total. The average Bonchev–Trinajstić information content (AvgIpc) is 2.51. The summed E-state index contributed by atoms with van der Waals surface area (Å²) < 4.78 is 15.6. The van der Waals surface area contributed by atoms with Crippen LogP contribution in [0.5, 0.6) is 17.4 Å². The highest BCUT2D eigenvalue weighted by molar-refractivity contribution is 6.35. The number of hydrogen-bond acceptors (Lipinski definition) is 5. The second kappa shape index (κ2) is 7.33. The maximum Gasteiger partial charge on any atom is 0.346 e. The van der Waals surface area contributed by atoms with Gasteiger partial charge in [0.05, 0.1) is 12.1 Å². The van der Waals surface area contributed by atoms with Crippen molar-refractivity contribution in [3.63, 3.8) is 0 Å². The number of carbonyl (C=O) groups excluding carboxylic acids is 1.